The number of likely N-dealkylation sites (tertiary alicyclic amines) is 1. The molecule has 1 N–H and O–H groups in total. The third-order valence-corrected chi connectivity index (χ3v) is 6.88. The molecule has 0 spiro atoms. The third-order valence-electron chi connectivity index (χ3n) is 6.88. The van der Waals surface area contributed by atoms with Crippen LogP contribution in [0.2, 0.25) is 0 Å². The van der Waals surface area contributed by atoms with Crippen LogP contribution in [0.25, 0.3) is 11.1 Å². The summed E-state index contributed by atoms with van der Waals surface area (Å²) in [6, 6.07) is 18.2. The lowest BCUT2D eigenvalue weighted by atomic mass is 9.99. The standard InChI is InChI=1S/C26H37N3O2/c1-21(29-15-13-28(14-16-29)17-18-30)23-7-9-25(10-8-23)24-5-3-22(4-6-24)20-31-26-11-12-27(2)19-26/h3-10,21,26,30H,11-20H2,1-2H3/t21?,26-/m1/s1. The van der Waals surface area contributed by atoms with Gasteiger partial charge in [0, 0.05) is 51.9 Å². The van der Waals surface area contributed by atoms with Gasteiger partial charge in [-0.3, -0.25) is 9.80 Å². The number of aliphatic hydroxyl groups excluding tert-OH is 1. The van der Waals surface area contributed by atoms with Crippen LogP contribution in [0.5, 0.6) is 0 Å². The fraction of sp³-hybridized carbons (Fsp3) is 0.538. The van der Waals surface area contributed by atoms with Gasteiger partial charge in [0.15, 0.2) is 0 Å². The summed E-state index contributed by atoms with van der Waals surface area (Å²) in [4.78, 5) is 7.21. The number of likely N-dealkylation sites (N-methyl/N-ethyl adjacent to an activating group) is 1. The van der Waals surface area contributed by atoms with E-state index in [2.05, 4.69) is 77.2 Å². The Bertz CT molecular complexity index is 800. The molecule has 2 aromatic rings. The van der Waals surface area contributed by atoms with Crippen LogP contribution < -0.4 is 0 Å². The van der Waals surface area contributed by atoms with Crippen molar-refractivity contribution in [2.75, 3.05) is 59.5 Å². The molecule has 0 aromatic heterocycles. The highest BCUT2D eigenvalue weighted by molar-refractivity contribution is 5.64. The molecule has 0 amide bonds. The van der Waals surface area contributed by atoms with Crippen LogP contribution in [-0.2, 0) is 11.3 Å². The average molecular weight is 424 g/mol. The van der Waals surface area contributed by atoms with Crippen molar-refractivity contribution in [2.24, 2.45) is 0 Å². The molecule has 2 atom stereocenters. The van der Waals surface area contributed by atoms with Crippen molar-refractivity contribution >= 4 is 0 Å². The third kappa shape index (κ3) is 5.93. The molecular weight excluding hydrogens is 386 g/mol. The SMILES string of the molecule is CC(c1ccc(-c2ccc(CO[C@@H]3CCN(C)C3)cc2)cc1)N1CCN(CCO)CC1. The number of aliphatic hydroxyl groups is 1. The fourth-order valence-electron chi connectivity index (χ4n) is 4.72. The van der Waals surface area contributed by atoms with Gasteiger partial charge in [0.25, 0.3) is 0 Å². The molecule has 2 saturated heterocycles. The van der Waals surface area contributed by atoms with Crippen molar-refractivity contribution in [2.45, 2.75) is 32.1 Å². The van der Waals surface area contributed by atoms with Crippen molar-refractivity contribution in [3.63, 3.8) is 0 Å². The molecule has 2 aliphatic heterocycles. The summed E-state index contributed by atoms with van der Waals surface area (Å²) in [7, 11) is 2.16. The number of β-amino-alcohol motifs (C(OH)–C–C–N with tert-alkyl or cyclic N) is 1. The van der Waals surface area contributed by atoms with Crippen molar-refractivity contribution in [1.29, 1.82) is 0 Å². The first-order chi connectivity index (χ1) is 15.1. The van der Waals surface area contributed by atoms with Crippen LogP contribution >= 0.6 is 0 Å². The zero-order chi connectivity index (χ0) is 21.6. The number of nitrogens with zero attached hydrogens (tertiary/aromatic N) is 3. The zero-order valence-corrected chi connectivity index (χ0v) is 19.0. The summed E-state index contributed by atoms with van der Waals surface area (Å²) in [6.45, 7) is 10.4. The molecule has 0 saturated carbocycles. The van der Waals surface area contributed by atoms with E-state index in [9.17, 15) is 0 Å². The predicted molar refractivity (Wildman–Crippen MR) is 126 cm³/mol. The molecule has 2 aromatic carbocycles. The van der Waals surface area contributed by atoms with E-state index in [4.69, 9.17) is 9.84 Å². The van der Waals surface area contributed by atoms with Crippen LogP contribution in [0.1, 0.15) is 30.5 Å². The van der Waals surface area contributed by atoms with E-state index in [1.54, 1.807) is 0 Å². The molecule has 5 heteroatoms. The molecule has 5 nitrogen and oxygen atoms in total. The van der Waals surface area contributed by atoms with Gasteiger partial charge in [-0.2, -0.15) is 0 Å². The molecule has 2 heterocycles. The summed E-state index contributed by atoms with van der Waals surface area (Å²) < 4.78 is 6.06. The first kappa shape index (κ1) is 22.4. The average Bonchev–Trinajstić information content (AvgIpc) is 3.23. The lowest BCUT2D eigenvalue weighted by Gasteiger charge is -2.38. The van der Waals surface area contributed by atoms with Crippen LogP contribution in [0.15, 0.2) is 48.5 Å². The van der Waals surface area contributed by atoms with Gasteiger partial charge in [-0.05, 0) is 42.6 Å². The Morgan fingerprint density at radius 3 is 2.16 bits per heavy atom. The molecule has 1 unspecified atom stereocenters. The largest absolute Gasteiger partial charge is 0.395 e. The summed E-state index contributed by atoms with van der Waals surface area (Å²) >= 11 is 0. The second-order valence-electron chi connectivity index (χ2n) is 9.08. The van der Waals surface area contributed by atoms with Gasteiger partial charge in [0.2, 0.25) is 0 Å². The Hall–Kier alpha value is -1.76. The molecule has 4 rings (SSSR count). The van der Waals surface area contributed by atoms with Crippen LogP contribution in [0, 0.1) is 0 Å². The van der Waals surface area contributed by atoms with Gasteiger partial charge in [0.05, 0.1) is 19.3 Å². The van der Waals surface area contributed by atoms with E-state index in [1.165, 1.54) is 22.3 Å². The van der Waals surface area contributed by atoms with Crippen LogP contribution in [-0.4, -0.2) is 85.4 Å². The normalized spacial score (nSPS) is 22.1. The minimum Gasteiger partial charge on any atom is -0.395 e. The van der Waals surface area contributed by atoms with Gasteiger partial charge in [-0.15, -0.1) is 0 Å². The lowest BCUT2D eigenvalue weighted by molar-refractivity contribution is 0.0483. The van der Waals surface area contributed by atoms with E-state index >= 15 is 0 Å². The summed E-state index contributed by atoms with van der Waals surface area (Å²) in [5.41, 5.74) is 5.12. The molecule has 0 bridgehead atoms. The van der Waals surface area contributed by atoms with Gasteiger partial charge in [-0.1, -0.05) is 48.5 Å². The number of benzene rings is 2. The van der Waals surface area contributed by atoms with Crippen molar-refractivity contribution in [1.82, 2.24) is 14.7 Å². The predicted octanol–water partition coefficient (Wildman–Crippen LogP) is 3.25. The highest BCUT2D eigenvalue weighted by atomic mass is 16.5. The topological polar surface area (TPSA) is 39.2 Å². The highest BCUT2D eigenvalue weighted by Crippen LogP contribution is 2.26. The minimum absolute atomic E-state index is 0.253. The molecule has 0 aliphatic carbocycles. The quantitative estimate of drug-likeness (QED) is 0.706. The van der Waals surface area contributed by atoms with Crippen molar-refractivity contribution < 1.29 is 9.84 Å². The number of ether oxygens (including phenoxy) is 1. The second-order valence-corrected chi connectivity index (χ2v) is 9.08. The Morgan fingerprint density at radius 2 is 1.58 bits per heavy atom. The number of hydrogen-bond donors (Lipinski definition) is 1. The molecule has 0 radical (unpaired) electrons. The van der Waals surface area contributed by atoms with Crippen molar-refractivity contribution in [3.05, 3.63) is 59.7 Å². The van der Waals surface area contributed by atoms with Crippen molar-refractivity contribution in [3.8, 4) is 11.1 Å². The van der Waals surface area contributed by atoms with Gasteiger partial charge in [-0.25, -0.2) is 0 Å². The summed E-state index contributed by atoms with van der Waals surface area (Å²) in [5.74, 6) is 0. The minimum atomic E-state index is 0.253. The molecule has 31 heavy (non-hydrogen) atoms. The van der Waals surface area contributed by atoms with E-state index in [-0.39, 0.29) is 6.61 Å². The summed E-state index contributed by atoms with van der Waals surface area (Å²) in [5, 5.41) is 9.12. The Morgan fingerprint density at radius 1 is 0.935 bits per heavy atom. The first-order valence-corrected chi connectivity index (χ1v) is 11.7. The molecule has 168 valence electrons. The summed E-state index contributed by atoms with van der Waals surface area (Å²) in [6.07, 6.45) is 1.51. The van der Waals surface area contributed by atoms with Gasteiger partial charge >= 0.3 is 0 Å². The zero-order valence-electron chi connectivity index (χ0n) is 19.0. The number of rotatable bonds is 8. The Kier molecular flexibility index (Phi) is 7.75. The highest BCUT2D eigenvalue weighted by Gasteiger charge is 2.22. The monoisotopic (exact) mass is 423 g/mol. The maximum atomic E-state index is 9.12. The van der Waals surface area contributed by atoms with E-state index in [0.717, 1.165) is 52.2 Å². The molecule has 2 fully saturated rings. The fourth-order valence-corrected chi connectivity index (χ4v) is 4.72. The van der Waals surface area contributed by atoms with E-state index in [0.29, 0.717) is 18.8 Å². The van der Waals surface area contributed by atoms with Gasteiger partial charge in [0.1, 0.15) is 0 Å². The van der Waals surface area contributed by atoms with E-state index in [1.807, 2.05) is 0 Å². The maximum Gasteiger partial charge on any atom is 0.0721 e. The second kappa shape index (κ2) is 10.7. The first-order valence-electron chi connectivity index (χ1n) is 11.7. The van der Waals surface area contributed by atoms with Gasteiger partial charge < -0.3 is 14.7 Å². The number of piperazine rings is 1. The lowest BCUT2D eigenvalue weighted by Crippen LogP contribution is -2.47. The number of hydrogen-bond acceptors (Lipinski definition) is 5. The smallest absolute Gasteiger partial charge is 0.0721 e. The van der Waals surface area contributed by atoms with Crippen LogP contribution in [0.4, 0.5) is 0 Å². The Balaban J connectivity index is 1.30. The Labute approximate surface area is 187 Å². The molecule has 2 aliphatic rings. The van der Waals surface area contributed by atoms with Crippen LogP contribution in [0.3, 0.4) is 0 Å². The maximum absolute atomic E-state index is 9.12. The molecular formula is C26H37N3O2. The van der Waals surface area contributed by atoms with E-state index < -0.39 is 0 Å².